The van der Waals surface area contributed by atoms with Crippen molar-refractivity contribution in [3.8, 4) is 6.07 Å². The van der Waals surface area contributed by atoms with Crippen LogP contribution in [0.4, 0.5) is 5.69 Å². The van der Waals surface area contributed by atoms with Gasteiger partial charge < -0.3 is 10.4 Å². The maximum Gasteiger partial charge on any atom is 0.347 e. The summed E-state index contributed by atoms with van der Waals surface area (Å²) >= 11 is 1.17. The summed E-state index contributed by atoms with van der Waals surface area (Å²) in [5, 5.41) is 21.5. The van der Waals surface area contributed by atoms with E-state index < -0.39 is 5.97 Å². The highest BCUT2D eigenvalue weighted by Crippen LogP contribution is 2.19. The number of carboxylic acid groups (broad SMARTS) is 1. The number of hydrogen-bond acceptors (Lipinski definition) is 5. The molecule has 0 aliphatic carbocycles. The maximum atomic E-state index is 10.9. The molecule has 0 unspecified atom stereocenters. The lowest BCUT2D eigenvalue weighted by Gasteiger charge is -2.03. The van der Waals surface area contributed by atoms with E-state index in [9.17, 15) is 4.79 Å². The maximum absolute atomic E-state index is 10.9. The molecule has 2 N–H and O–H groups in total. The highest BCUT2D eigenvalue weighted by atomic mass is 32.1. The minimum atomic E-state index is -0.945. The van der Waals surface area contributed by atoms with Gasteiger partial charge in [-0.3, -0.25) is 0 Å². The Hall–Kier alpha value is -2.39. The molecule has 2 aromatic rings. The SMILES string of the molecule is Cc1nc(CNc2ccc(C#N)cc2)sc1C(=O)O. The van der Waals surface area contributed by atoms with E-state index in [-0.39, 0.29) is 4.88 Å². The number of nitriles is 1. The first-order chi connectivity index (χ1) is 9.10. The van der Waals surface area contributed by atoms with Crippen molar-refractivity contribution in [2.45, 2.75) is 13.5 Å². The van der Waals surface area contributed by atoms with Gasteiger partial charge in [0.25, 0.3) is 0 Å². The lowest BCUT2D eigenvalue weighted by molar-refractivity contribution is 0.0701. The molecular weight excluding hydrogens is 262 g/mol. The smallest absolute Gasteiger partial charge is 0.347 e. The number of hydrogen-bond donors (Lipinski definition) is 2. The van der Waals surface area contributed by atoms with Crippen molar-refractivity contribution in [2.24, 2.45) is 0 Å². The number of nitrogens with zero attached hydrogens (tertiary/aromatic N) is 2. The molecule has 19 heavy (non-hydrogen) atoms. The van der Waals surface area contributed by atoms with Gasteiger partial charge in [0.1, 0.15) is 9.88 Å². The van der Waals surface area contributed by atoms with Crippen molar-refractivity contribution in [3.63, 3.8) is 0 Å². The molecule has 0 aliphatic rings. The average molecular weight is 273 g/mol. The molecule has 0 aliphatic heterocycles. The molecule has 6 heteroatoms. The van der Waals surface area contributed by atoms with Gasteiger partial charge in [0.05, 0.1) is 23.9 Å². The van der Waals surface area contributed by atoms with Crippen LogP contribution >= 0.6 is 11.3 Å². The summed E-state index contributed by atoms with van der Waals surface area (Å²) in [6, 6.07) is 9.09. The topological polar surface area (TPSA) is 86.0 Å². The molecule has 0 atom stereocenters. The first-order valence-electron chi connectivity index (χ1n) is 5.54. The van der Waals surface area contributed by atoms with E-state index in [4.69, 9.17) is 10.4 Å². The summed E-state index contributed by atoms with van der Waals surface area (Å²) in [7, 11) is 0. The van der Waals surface area contributed by atoms with Gasteiger partial charge in [-0.1, -0.05) is 0 Å². The zero-order valence-corrected chi connectivity index (χ0v) is 11.0. The molecule has 1 heterocycles. The summed E-state index contributed by atoms with van der Waals surface area (Å²) in [6.07, 6.45) is 0. The Balaban J connectivity index is 2.04. The molecule has 0 saturated carbocycles. The van der Waals surface area contributed by atoms with Gasteiger partial charge in [-0.25, -0.2) is 9.78 Å². The Bertz CT molecular complexity index is 641. The average Bonchev–Trinajstić information content (AvgIpc) is 2.78. The molecule has 5 nitrogen and oxygen atoms in total. The van der Waals surface area contributed by atoms with Crippen molar-refractivity contribution < 1.29 is 9.90 Å². The number of anilines is 1. The molecule has 96 valence electrons. The highest BCUT2D eigenvalue weighted by molar-refractivity contribution is 7.13. The van der Waals surface area contributed by atoms with Crippen LogP contribution in [-0.2, 0) is 6.54 Å². The van der Waals surface area contributed by atoms with E-state index in [2.05, 4.69) is 10.3 Å². The zero-order valence-electron chi connectivity index (χ0n) is 10.2. The second-order valence-electron chi connectivity index (χ2n) is 3.87. The van der Waals surface area contributed by atoms with Crippen LogP contribution in [0.1, 0.15) is 25.9 Å². The third kappa shape index (κ3) is 3.09. The number of aromatic carboxylic acids is 1. The van der Waals surface area contributed by atoms with E-state index in [1.165, 1.54) is 11.3 Å². The van der Waals surface area contributed by atoms with Crippen LogP contribution in [0.5, 0.6) is 0 Å². The van der Waals surface area contributed by atoms with Crippen molar-refractivity contribution in [2.75, 3.05) is 5.32 Å². The van der Waals surface area contributed by atoms with Crippen LogP contribution in [0.25, 0.3) is 0 Å². The summed E-state index contributed by atoms with van der Waals surface area (Å²) in [5.74, 6) is -0.945. The van der Waals surface area contributed by atoms with Crippen molar-refractivity contribution in [1.29, 1.82) is 5.26 Å². The fourth-order valence-corrected chi connectivity index (χ4v) is 2.41. The molecule has 1 aromatic carbocycles. The van der Waals surface area contributed by atoms with E-state index in [0.717, 1.165) is 10.7 Å². The predicted octanol–water partition coefficient (Wildman–Crippen LogP) is 2.63. The Morgan fingerprint density at radius 3 is 2.68 bits per heavy atom. The first kappa shape index (κ1) is 13.1. The first-order valence-corrected chi connectivity index (χ1v) is 6.35. The molecule has 0 radical (unpaired) electrons. The second-order valence-corrected chi connectivity index (χ2v) is 4.95. The lowest BCUT2D eigenvalue weighted by Crippen LogP contribution is -1.98. The summed E-state index contributed by atoms with van der Waals surface area (Å²) in [5.41, 5.74) is 2.00. The fourth-order valence-electron chi connectivity index (χ4n) is 1.57. The number of carboxylic acids is 1. The summed E-state index contributed by atoms with van der Waals surface area (Å²) in [4.78, 5) is 15.4. The Morgan fingerprint density at radius 2 is 2.16 bits per heavy atom. The van der Waals surface area contributed by atoms with Gasteiger partial charge in [-0.05, 0) is 31.2 Å². The summed E-state index contributed by atoms with van der Waals surface area (Å²) in [6.45, 7) is 2.15. The van der Waals surface area contributed by atoms with Crippen LogP contribution in [0.3, 0.4) is 0 Å². The van der Waals surface area contributed by atoms with E-state index in [1.54, 1.807) is 31.2 Å². The van der Waals surface area contributed by atoms with Crippen molar-refractivity contribution in [3.05, 3.63) is 45.4 Å². The van der Waals surface area contributed by atoms with Gasteiger partial charge in [-0.2, -0.15) is 5.26 Å². The highest BCUT2D eigenvalue weighted by Gasteiger charge is 2.13. The largest absolute Gasteiger partial charge is 0.477 e. The molecule has 0 spiro atoms. The lowest BCUT2D eigenvalue weighted by atomic mass is 10.2. The number of aromatic nitrogens is 1. The molecule has 0 saturated heterocycles. The molecule has 2 rings (SSSR count). The number of carbonyl (C=O) groups is 1. The fraction of sp³-hybridized carbons (Fsp3) is 0.154. The zero-order chi connectivity index (χ0) is 13.8. The third-order valence-electron chi connectivity index (χ3n) is 2.49. The van der Waals surface area contributed by atoms with Gasteiger partial charge in [0.15, 0.2) is 0 Å². The molecule has 0 fully saturated rings. The Morgan fingerprint density at radius 1 is 1.47 bits per heavy atom. The monoisotopic (exact) mass is 273 g/mol. The van der Waals surface area contributed by atoms with Crippen molar-refractivity contribution >= 4 is 23.0 Å². The normalized spacial score (nSPS) is 9.89. The quantitative estimate of drug-likeness (QED) is 0.894. The Labute approximate surface area is 114 Å². The van der Waals surface area contributed by atoms with Gasteiger partial charge in [-0.15, -0.1) is 11.3 Å². The van der Waals surface area contributed by atoms with Crippen LogP contribution < -0.4 is 5.32 Å². The number of aryl methyl sites for hydroxylation is 1. The second kappa shape index (κ2) is 5.50. The number of rotatable bonds is 4. The molecule has 1 aromatic heterocycles. The third-order valence-corrected chi connectivity index (χ3v) is 3.64. The standard InChI is InChI=1S/C13H11N3O2S/c1-8-12(13(17)18)19-11(16-8)7-15-10-4-2-9(6-14)3-5-10/h2-5,15H,7H2,1H3,(H,17,18). The molecule has 0 amide bonds. The van der Waals surface area contributed by atoms with Gasteiger partial charge in [0.2, 0.25) is 0 Å². The van der Waals surface area contributed by atoms with Crippen LogP contribution in [-0.4, -0.2) is 16.1 Å². The number of nitrogens with one attached hydrogen (secondary N) is 1. The van der Waals surface area contributed by atoms with Gasteiger partial charge >= 0.3 is 5.97 Å². The molecular formula is C13H11N3O2S. The molecule has 0 bridgehead atoms. The minimum absolute atomic E-state index is 0.275. The van der Waals surface area contributed by atoms with Crippen LogP contribution in [0.2, 0.25) is 0 Å². The Kier molecular flexibility index (Phi) is 3.78. The summed E-state index contributed by atoms with van der Waals surface area (Å²) < 4.78 is 0. The predicted molar refractivity (Wildman–Crippen MR) is 72.3 cm³/mol. The minimum Gasteiger partial charge on any atom is -0.477 e. The van der Waals surface area contributed by atoms with Crippen LogP contribution in [0, 0.1) is 18.3 Å². The number of thiazole rings is 1. The van der Waals surface area contributed by atoms with E-state index in [1.807, 2.05) is 6.07 Å². The van der Waals surface area contributed by atoms with E-state index >= 15 is 0 Å². The van der Waals surface area contributed by atoms with Crippen LogP contribution in [0.15, 0.2) is 24.3 Å². The van der Waals surface area contributed by atoms with Crippen molar-refractivity contribution in [1.82, 2.24) is 4.98 Å². The van der Waals surface area contributed by atoms with E-state index in [0.29, 0.717) is 17.8 Å². The number of benzene rings is 1. The van der Waals surface area contributed by atoms with Gasteiger partial charge in [0, 0.05) is 5.69 Å².